The summed E-state index contributed by atoms with van der Waals surface area (Å²) >= 11 is 0. The second-order valence-electron chi connectivity index (χ2n) is 11.1. The Balaban J connectivity index is 1.70. The van der Waals surface area contributed by atoms with E-state index in [9.17, 15) is 14.7 Å². The fourth-order valence-electron chi connectivity index (χ4n) is 5.30. The summed E-state index contributed by atoms with van der Waals surface area (Å²) in [6, 6.07) is 18.0. The average Bonchev–Trinajstić information content (AvgIpc) is 3.35. The zero-order chi connectivity index (χ0) is 29.9. The molecule has 4 rings (SSSR count). The first-order valence-electron chi connectivity index (χ1n) is 15.4. The number of fused-ring (bicyclic) bond motifs is 1. The number of hydrogen-bond donors (Lipinski definition) is 3. The number of aryl methyl sites for hydroxylation is 2. The Kier molecular flexibility index (Phi) is 11.5. The molecule has 1 atom stereocenters. The van der Waals surface area contributed by atoms with E-state index in [1.165, 1.54) is 10.1 Å². The van der Waals surface area contributed by atoms with Crippen LogP contribution in [0.1, 0.15) is 69.3 Å². The highest BCUT2D eigenvalue weighted by molar-refractivity contribution is 5.71. The molecule has 1 unspecified atom stereocenters. The second-order valence-corrected chi connectivity index (χ2v) is 11.1. The van der Waals surface area contributed by atoms with E-state index in [-0.39, 0.29) is 11.2 Å². The zero-order valence-electron chi connectivity index (χ0n) is 25.1. The zero-order valence-corrected chi connectivity index (χ0v) is 25.1. The number of aromatic nitrogens is 4. The number of nitrogen functional groups attached to an aromatic ring is 1. The van der Waals surface area contributed by atoms with Crippen molar-refractivity contribution in [2.75, 3.05) is 18.8 Å². The predicted octanol–water partition coefficient (Wildman–Crippen LogP) is 4.11. The van der Waals surface area contributed by atoms with Gasteiger partial charge in [0, 0.05) is 44.8 Å². The summed E-state index contributed by atoms with van der Waals surface area (Å²) in [5.41, 5.74) is 9.26. The van der Waals surface area contributed by atoms with Crippen LogP contribution in [0.5, 0.6) is 0 Å². The molecule has 9 heteroatoms. The minimum Gasteiger partial charge on any atom is -0.399 e. The molecule has 2 heterocycles. The molecule has 0 bridgehead atoms. The fourth-order valence-corrected chi connectivity index (χ4v) is 5.30. The van der Waals surface area contributed by atoms with Crippen molar-refractivity contribution >= 4 is 16.9 Å². The molecule has 0 saturated heterocycles. The first-order chi connectivity index (χ1) is 20.4. The van der Waals surface area contributed by atoms with E-state index in [4.69, 9.17) is 10.7 Å². The Morgan fingerprint density at radius 1 is 0.857 bits per heavy atom. The number of aliphatic hydroxyl groups excluding tert-OH is 1. The van der Waals surface area contributed by atoms with Crippen LogP contribution in [-0.4, -0.2) is 43.0 Å². The summed E-state index contributed by atoms with van der Waals surface area (Å²) in [6.07, 6.45) is 6.10. The normalized spacial score (nSPS) is 12.3. The molecule has 0 amide bonds. The minimum absolute atomic E-state index is 0.273. The molecule has 2 aromatic heterocycles. The monoisotopic (exact) mass is 574 g/mol. The van der Waals surface area contributed by atoms with Gasteiger partial charge in [-0.15, -0.1) is 0 Å². The van der Waals surface area contributed by atoms with Crippen LogP contribution in [0.4, 0.5) is 5.69 Å². The Labute approximate surface area is 248 Å². The third kappa shape index (κ3) is 7.98. The average molecular weight is 575 g/mol. The van der Waals surface area contributed by atoms with Gasteiger partial charge in [0.25, 0.3) is 5.56 Å². The Morgan fingerprint density at radius 3 is 2.29 bits per heavy atom. The van der Waals surface area contributed by atoms with E-state index < -0.39 is 6.10 Å². The standard InChI is InChI=1S/C33H46N6O3/c1-3-5-10-21-39-32(41)30-31(38(33(39)42)20-11-9-12-25-15-17-27(34)18-16-25)36-29(23-26-13-7-6-8-14-26)37(30)22-19-35-24-28(40)4-2/h6-8,13-18,28,35,40H,3-5,9-12,19-24,34H2,1-2H3. The van der Waals surface area contributed by atoms with Gasteiger partial charge in [0.1, 0.15) is 5.82 Å². The van der Waals surface area contributed by atoms with Crippen molar-refractivity contribution in [3.05, 3.63) is 92.4 Å². The Hall–Kier alpha value is -3.69. The molecule has 0 radical (unpaired) electrons. The lowest BCUT2D eigenvalue weighted by Gasteiger charge is -2.14. The van der Waals surface area contributed by atoms with Gasteiger partial charge in [-0.05, 0) is 55.4 Å². The molecule has 226 valence electrons. The van der Waals surface area contributed by atoms with E-state index in [0.717, 1.165) is 55.6 Å². The summed E-state index contributed by atoms with van der Waals surface area (Å²) in [7, 11) is 0. The van der Waals surface area contributed by atoms with Crippen molar-refractivity contribution < 1.29 is 5.11 Å². The largest absolute Gasteiger partial charge is 0.399 e. The summed E-state index contributed by atoms with van der Waals surface area (Å²) in [5, 5.41) is 13.3. The van der Waals surface area contributed by atoms with E-state index >= 15 is 0 Å². The predicted molar refractivity (Wildman–Crippen MR) is 170 cm³/mol. The Morgan fingerprint density at radius 2 is 1.57 bits per heavy atom. The molecule has 0 aliphatic rings. The van der Waals surface area contributed by atoms with Crippen LogP contribution < -0.4 is 22.3 Å². The summed E-state index contributed by atoms with van der Waals surface area (Å²) in [6.45, 7) is 6.50. The van der Waals surface area contributed by atoms with Gasteiger partial charge in [-0.25, -0.2) is 9.78 Å². The van der Waals surface area contributed by atoms with Crippen molar-refractivity contribution in [3.8, 4) is 0 Å². The molecule has 0 aliphatic heterocycles. The SMILES string of the molecule is CCCCCn1c(=O)c2c(nc(Cc3ccccc3)n2CCNCC(O)CC)n(CCCCc2ccc(N)cc2)c1=O. The highest BCUT2D eigenvalue weighted by Gasteiger charge is 2.21. The van der Waals surface area contributed by atoms with Crippen molar-refractivity contribution in [1.29, 1.82) is 0 Å². The van der Waals surface area contributed by atoms with E-state index in [2.05, 4.69) is 12.2 Å². The number of benzene rings is 2. The lowest BCUT2D eigenvalue weighted by atomic mass is 10.1. The van der Waals surface area contributed by atoms with E-state index in [0.29, 0.717) is 56.7 Å². The van der Waals surface area contributed by atoms with Crippen LogP contribution in [0, 0.1) is 0 Å². The van der Waals surface area contributed by atoms with Crippen LogP contribution in [-0.2, 0) is 32.5 Å². The maximum atomic E-state index is 13.9. The molecule has 0 fully saturated rings. The maximum absolute atomic E-state index is 13.9. The second kappa shape index (κ2) is 15.5. The molecule has 0 spiro atoms. The number of imidazole rings is 1. The van der Waals surface area contributed by atoms with Crippen molar-refractivity contribution in [1.82, 2.24) is 24.0 Å². The first-order valence-corrected chi connectivity index (χ1v) is 15.4. The van der Waals surface area contributed by atoms with Crippen LogP contribution in [0.15, 0.2) is 64.2 Å². The highest BCUT2D eigenvalue weighted by atomic mass is 16.3. The quantitative estimate of drug-likeness (QED) is 0.129. The third-order valence-electron chi connectivity index (χ3n) is 7.82. The Bertz CT molecular complexity index is 1520. The number of aliphatic hydroxyl groups is 1. The van der Waals surface area contributed by atoms with E-state index in [1.54, 1.807) is 4.57 Å². The molecular formula is C33H46N6O3. The molecular weight excluding hydrogens is 528 g/mol. The summed E-state index contributed by atoms with van der Waals surface area (Å²) < 4.78 is 5.11. The molecule has 9 nitrogen and oxygen atoms in total. The molecule has 42 heavy (non-hydrogen) atoms. The number of hydrogen-bond acceptors (Lipinski definition) is 6. The number of nitrogens with one attached hydrogen (secondary N) is 1. The van der Waals surface area contributed by atoms with Gasteiger partial charge >= 0.3 is 5.69 Å². The molecule has 4 N–H and O–H groups in total. The first kappa shape index (κ1) is 31.3. The number of anilines is 1. The molecule has 0 aliphatic carbocycles. The van der Waals surface area contributed by atoms with Crippen LogP contribution >= 0.6 is 0 Å². The van der Waals surface area contributed by atoms with Gasteiger partial charge in [0.15, 0.2) is 11.2 Å². The molecule has 4 aromatic rings. The maximum Gasteiger partial charge on any atom is 0.332 e. The third-order valence-corrected chi connectivity index (χ3v) is 7.82. The molecule has 2 aromatic carbocycles. The van der Waals surface area contributed by atoms with Gasteiger partial charge in [0.2, 0.25) is 0 Å². The van der Waals surface area contributed by atoms with Crippen molar-refractivity contribution in [3.63, 3.8) is 0 Å². The number of rotatable bonds is 17. The topological polar surface area (TPSA) is 120 Å². The van der Waals surface area contributed by atoms with Crippen LogP contribution in [0.25, 0.3) is 11.2 Å². The van der Waals surface area contributed by atoms with Gasteiger partial charge in [-0.2, -0.15) is 0 Å². The van der Waals surface area contributed by atoms with Crippen molar-refractivity contribution in [2.24, 2.45) is 0 Å². The number of unbranched alkanes of at least 4 members (excludes halogenated alkanes) is 3. The summed E-state index contributed by atoms with van der Waals surface area (Å²) in [4.78, 5) is 32.7. The highest BCUT2D eigenvalue weighted by Crippen LogP contribution is 2.17. The number of nitrogens with two attached hydrogens (primary N) is 1. The smallest absolute Gasteiger partial charge is 0.332 e. The van der Waals surface area contributed by atoms with Crippen LogP contribution in [0.3, 0.4) is 0 Å². The lowest BCUT2D eigenvalue weighted by Crippen LogP contribution is -2.41. The van der Waals surface area contributed by atoms with Crippen molar-refractivity contribution in [2.45, 2.75) is 91.0 Å². The van der Waals surface area contributed by atoms with Gasteiger partial charge in [-0.1, -0.05) is 69.2 Å². The van der Waals surface area contributed by atoms with Gasteiger partial charge < -0.3 is 20.7 Å². The summed E-state index contributed by atoms with van der Waals surface area (Å²) in [5.74, 6) is 0.757. The van der Waals surface area contributed by atoms with Gasteiger partial charge in [0.05, 0.1) is 6.10 Å². The van der Waals surface area contributed by atoms with E-state index in [1.807, 2.05) is 66.1 Å². The fraction of sp³-hybridized carbons (Fsp3) is 0.485. The lowest BCUT2D eigenvalue weighted by molar-refractivity contribution is 0.167. The minimum atomic E-state index is -0.414. The number of nitrogens with zero attached hydrogens (tertiary/aromatic N) is 4. The van der Waals surface area contributed by atoms with Gasteiger partial charge in [-0.3, -0.25) is 13.9 Å². The van der Waals surface area contributed by atoms with Crippen LogP contribution in [0.2, 0.25) is 0 Å². The molecule has 0 saturated carbocycles.